The molecule has 1 atom stereocenters. The third-order valence-corrected chi connectivity index (χ3v) is 1.82. The van der Waals surface area contributed by atoms with Crippen molar-refractivity contribution in [3.8, 4) is 0 Å². The summed E-state index contributed by atoms with van der Waals surface area (Å²) in [6.45, 7) is -1.04. The highest BCUT2D eigenvalue weighted by molar-refractivity contribution is 7.48. The molecule has 0 fully saturated rings. The molecule has 0 spiro atoms. The Kier molecular flexibility index (Phi) is 4.88. The molecule has 0 saturated carbocycles. The molecule has 1 unspecified atom stereocenters. The number of hydrogen-bond donors (Lipinski definition) is 0. The van der Waals surface area contributed by atoms with Crippen molar-refractivity contribution in [2.24, 2.45) is 0 Å². The van der Waals surface area contributed by atoms with Gasteiger partial charge in [-0.15, -0.1) is 4.20 Å². The summed E-state index contributed by atoms with van der Waals surface area (Å²) in [7, 11) is -5.34. The van der Waals surface area contributed by atoms with Crippen molar-refractivity contribution in [1.29, 1.82) is 0 Å². The molecule has 8 heteroatoms. The van der Waals surface area contributed by atoms with Crippen molar-refractivity contribution < 1.29 is 31.0 Å². The smallest absolute Gasteiger partial charge is 0.283 e. The van der Waals surface area contributed by atoms with Crippen LogP contribution < -0.4 is 0 Å². The molecule has 0 rings (SSSR count). The van der Waals surface area contributed by atoms with Crippen LogP contribution in [0.15, 0.2) is 0 Å². The van der Waals surface area contributed by atoms with E-state index < -0.39 is 20.7 Å². The topological polar surface area (TPSA) is 35.5 Å². The Morgan fingerprint density at radius 1 is 1.46 bits per heavy atom. The summed E-state index contributed by atoms with van der Waals surface area (Å²) in [4.78, 5) is 0. The Bertz CT molecular complexity index is 198. The fourth-order valence-corrected chi connectivity index (χ4v) is 1.23. The van der Waals surface area contributed by atoms with Gasteiger partial charge in [-0.3, -0.25) is 4.52 Å². The third-order valence-electron chi connectivity index (χ3n) is 0.848. The van der Waals surface area contributed by atoms with Crippen molar-refractivity contribution >= 4 is 7.91 Å². The van der Waals surface area contributed by atoms with Gasteiger partial charge in [-0.2, -0.15) is 8.78 Å². The molecule has 0 aromatic rings. The maximum absolute atomic E-state index is 12.4. The predicted octanol–water partition coefficient (Wildman–Crippen LogP) is 3.07. The van der Waals surface area contributed by atoms with Gasteiger partial charge in [-0.05, 0) is 6.42 Å². The van der Waals surface area contributed by atoms with Crippen LogP contribution in [-0.4, -0.2) is 19.4 Å². The van der Waals surface area contributed by atoms with Gasteiger partial charge in [0, 0.05) is 0 Å². The normalized spacial score (nSPS) is 17.0. The Morgan fingerprint density at radius 3 is 2.38 bits per heavy atom. The summed E-state index contributed by atoms with van der Waals surface area (Å²) < 4.78 is 65.1. The van der Waals surface area contributed by atoms with E-state index in [0.29, 0.717) is 0 Å². The molecule has 0 aliphatic carbocycles. The van der Waals surface area contributed by atoms with Crippen LogP contribution >= 0.6 is 7.91 Å². The van der Waals surface area contributed by atoms with Gasteiger partial charge in [0.15, 0.2) is 6.67 Å². The molecule has 0 aliphatic rings. The summed E-state index contributed by atoms with van der Waals surface area (Å²) in [5.41, 5.74) is 0. The summed E-state index contributed by atoms with van der Waals surface area (Å²) in [6.07, 6.45) is -4.13. The first kappa shape index (κ1) is 12.9. The minimum absolute atomic E-state index is 0.276. The van der Waals surface area contributed by atoms with E-state index in [9.17, 15) is 21.9 Å². The van der Waals surface area contributed by atoms with E-state index in [2.05, 4.69) is 9.05 Å². The fraction of sp³-hybridized carbons (Fsp3) is 1.00. The van der Waals surface area contributed by atoms with Crippen molar-refractivity contribution in [1.82, 2.24) is 0 Å². The van der Waals surface area contributed by atoms with Gasteiger partial charge >= 0.3 is 14.0 Å². The number of alkyl halides is 3. The van der Waals surface area contributed by atoms with Crippen LogP contribution in [0.25, 0.3) is 0 Å². The fourth-order valence-electron chi connectivity index (χ4n) is 0.411. The van der Waals surface area contributed by atoms with Crippen molar-refractivity contribution in [3.63, 3.8) is 0 Å². The zero-order chi connectivity index (χ0) is 10.5. The monoisotopic (exact) mass is 224 g/mol. The van der Waals surface area contributed by atoms with E-state index in [1.54, 1.807) is 6.92 Å². The number of hydrogen-bond acceptors (Lipinski definition) is 3. The first-order chi connectivity index (χ1) is 5.83. The number of rotatable bonds is 6. The van der Waals surface area contributed by atoms with Crippen LogP contribution in [0.2, 0.25) is 0 Å². The van der Waals surface area contributed by atoms with Gasteiger partial charge < -0.3 is 0 Å². The van der Waals surface area contributed by atoms with Crippen molar-refractivity contribution in [2.45, 2.75) is 19.5 Å². The second-order valence-electron chi connectivity index (χ2n) is 2.13. The van der Waals surface area contributed by atoms with Crippen LogP contribution in [0.3, 0.4) is 0 Å². The summed E-state index contributed by atoms with van der Waals surface area (Å²) >= 11 is 0. The standard InChI is InChI=1S/C5H9F4O3P/c1-2-3-11-13(9,10)12-5(7,8)4-6/h2-4H2,1H3. The molecular weight excluding hydrogens is 215 g/mol. The van der Waals surface area contributed by atoms with Crippen LogP contribution in [0.4, 0.5) is 17.4 Å². The zero-order valence-corrected chi connectivity index (χ0v) is 7.70. The van der Waals surface area contributed by atoms with E-state index in [4.69, 9.17) is 0 Å². The first-order valence-electron chi connectivity index (χ1n) is 3.42. The molecule has 0 N–H and O–H groups in total. The maximum Gasteiger partial charge on any atom is 0.517 e. The van der Waals surface area contributed by atoms with E-state index in [1.807, 2.05) is 0 Å². The quantitative estimate of drug-likeness (QED) is 0.513. The average molecular weight is 224 g/mol. The Labute approximate surface area is 72.7 Å². The lowest BCUT2D eigenvalue weighted by atomic mass is 10.5. The highest BCUT2D eigenvalue weighted by Gasteiger charge is 2.41. The third kappa shape index (κ3) is 6.01. The SMILES string of the molecule is CCCOP(=O)(F)OC(F)(F)CF. The molecule has 0 bridgehead atoms. The van der Waals surface area contributed by atoms with Gasteiger partial charge in [0.2, 0.25) is 0 Å². The van der Waals surface area contributed by atoms with Gasteiger partial charge in [0.1, 0.15) is 0 Å². The largest absolute Gasteiger partial charge is 0.517 e. The molecule has 80 valence electrons. The molecule has 0 aliphatic heterocycles. The molecule has 0 aromatic heterocycles. The van der Waals surface area contributed by atoms with Gasteiger partial charge in [0.25, 0.3) is 0 Å². The van der Waals surface area contributed by atoms with Gasteiger partial charge in [0.05, 0.1) is 6.61 Å². The predicted molar refractivity (Wildman–Crippen MR) is 37.0 cm³/mol. The van der Waals surface area contributed by atoms with Gasteiger partial charge in [-0.25, -0.2) is 13.5 Å². The van der Waals surface area contributed by atoms with Crippen molar-refractivity contribution in [2.75, 3.05) is 13.3 Å². The lowest BCUT2D eigenvalue weighted by Crippen LogP contribution is -2.21. The van der Waals surface area contributed by atoms with Crippen LogP contribution in [0, 0.1) is 0 Å². The molecule has 0 heterocycles. The zero-order valence-electron chi connectivity index (χ0n) is 6.81. The van der Waals surface area contributed by atoms with Crippen LogP contribution in [0.5, 0.6) is 0 Å². The average Bonchev–Trinajstić information content (AvgIpc) is 1.99. The van der Waals surface area contributed by atoms with E-state index in [1.165, 1.54) is 0 Å². The van der Waals surface area contributed by atoms with Crippen LogP contribution in [0.1, 0.15) is 13.3 Å². The summed E-state index contributed by atoms with van der Waals surface area (Å²) in [5, 5.41) is 0. The maximum atomic E-state index is 12.4. The molecule has 0 amide bonds. The highest BCUT2D eigenvalue weighted by Crippen LogP contribution is 2.53. The van der Waals surface area contributed by atoms with E-state index in [0.717, 1.165) is 0 Å². The second-order valence-corrected chi connectivity index (χ2v) is 3.43. The molecule has 3 nitrogen and oxygen atoms in total. The lowest BCUT2D eigenvalue weighted by molar-refractivity contribution is -0.195. The summed E-state index contributed by atoms with van der Waals surface area (Å²) in [5.74, 6) is 0. The Balaban J connectivity index is 4.08. The van der Waals surface area contributed by atoms with E-state index >= 15 is 0 Å². The Hall–Kier alpha value is -0.130. The highest BCUT2D eigenvalue weighted by atomic mass is 31.2. The minimum atomic E-state index is -5.34. The Morgan fingerprint density at radius 2 is 2.00 bits per heavy atom. The summed E-state index contributed by atoms with van der Waals surface area (Å²) in [6, 6.07) is 0. The molecule has 13 heavy (non-hydrogen) atoms. The lowest BCUT2D eigenvalue weighted by Gasteiger charge is -2.15. The van der Waals surface area contributed by atoms with E-state index in [-0.39, 0.29) is 13.0 Å². The first-order valence-corrected chi connectivity index (χ1v) is 4.85. The molecular formula is C5H9F4O3P. The van der Waals surface area contributed by atoms with Crippen molar-refractivity contribution in [3.05, 3.63) is 0 Å². The molecule has 0 aromatic carbocycles. The number of halogens is 4. The molecule has 0 radical (unpaired) electrons. The van der Waals surface area contributed by atoms with Crippen LogP contribution in [-0.2, 0) is 13.6 Å². The molecule has 0 saturated heterocycles. The van der Waals surface area contributed by atoms with Gasteiger partial charge in [-0.1, -0.05) is 6.92 Å². The second kappa shape index (κ2) is 4.93. The minimum Gasteiger partial charge on any atom is -0.283 e.